The van der Waals surface area contributed by atoms with Gasteiger partial charge in [0.15, 0.2) is 11.5 Å². The highest BCUT2D eigenvalue weighted by molar-refractivity contribution is 6.32. The minimum Gasteiger partial charge on any atom is -0.490 e. The van der Waals surface area contributed by atoms with Crippen molar-refractivity contribution < 1.29 is 14.3 Å². The molecule has 3 aromatic carbocycles. The predicted molar refractivity (Wildman–Crippen MR) is 132 cm³/mol. The van der Waals surface area contributed by atoms with Crippen LogP contribution < -0.4 is 14.8 Å². The van der Waals surface area contributed by atoms with Gasteiger partial charge in [0.2, 0.25) is 0 Å². The van der Waals surface area contributed by atoms with Crippen molar-refractivity contribution in [2.24, 2.45) is 0 Å². The zero-order valence-corrected chi connectivity index (χ0v) is 19.8. The average Bonchev–Trinajstić information content (AvgIpc) is 2.79. The van der Waals surface area contributed by atoms with E-state index in [9.17, 15) is 10.1 Å². The third kappa shape index (κ3) is 6.90. The Morgan fingerprint density at radius 2 is 1.64 bits per heavy atom. The molecule has 3 rings (SSSR count). The summed E-state index contributed by atoms with van der Waals surface area (Å²) < 4.78 is 11.6. The summed E-state index contributed by atoms with van der Waals surface area (Å²) in [4.78, 5) is 12.5. The first kappa shape index (κ1) is 24.5. The van der Waals surface area contributed by atoms with Gasteiger partial charge in [-0.05, 0) is 72.7 Å². The number of nitriles is 1. The van der Waals surface area contributed by atoms with Gasteiger partial charge >= 0.3 is 0 Å². The van der Waals surface area contributed by atoms with E-state index in [0.29, 0.717) is 39.4 Å². The number of anilines is 1. The zero-order chi connectivity index (χ0) is 23.8. The SMILES string of the molecule is CCOc1cc(/C=C(\C#N)C(=O)Nc2ccc(Cl)cc2)cc(Cl)c1OCc1ccc(Cl)cc1. The van der Waals surface area contributed by atoms with Gasteiger partial charge in [0, 0.05) is 15.7 Å². The molecule has 0 bridgehead atoms. The van der Waals surface area contributed by atoms with Crippen molar-refractivity contribution in [1.82, 2.24) is 0 Å². The highest BCUT2D eigenvalue weighted by Gasteiger charge is 2.15. The van der Waals surface area contributed by atoms with Gasteiger partial charge in [-0.15, -0.1) is 0 Å². The fraction of sp³-hybridized carbons (Fsp3) is 0.120. The van der Waals surface area contributed by atoms with Crippen LogP contribution in [0.25, 0.3) is 6.08 Å². The van der Waals surface area contributed by atoms with Crippen LogP contribution in [0.1, 0.15) is 18.1 Å². The van der Waals surface area contributed by atoms with Crippen LogP contribution in [0.5, 0.6) is 11.5 Å². The molecule has 0 unspecified atom stereocenters. The Balaban J connectivity index is 1.83. The lowest BCUT2D eigenvalue weighted by Crippen LogP contribution is -2.13. The molecule has 0 aromatic heterocycles. The van der Waals surface area contributed by atoms with Crippen molar-refractivity contribution in [2.45, 2.75) is 13.5 Å². The van der Waals surface area contributed by atoms with E-state index in [1.165, 1.54) is 6.08 Å². The van der Waals surface area contributed by atoms with Gasteiger partial charge in [-0.2, -0.15) is 5.26 Å². The number of hydrogen-bond acceptors (Lipinski definition) is 4. The topological polar surface area (TPSA) is 71.3 Å². The molecule has 3 aromatic rings. The maximum absolute atomic E-state index is 12.5. The van der Waals surface area contributed by atoms with E-state index < -0.39 is 5.91 Å². The largest absolute Gasteiger partial charge is 0.490 e. The maximum atomic E-state index is 12.5. The quantitative estimate of drug-likeness (QED) is 0.262. The van der Waals surface area contributed by atoms with E-state index in [2.05, 4.69) is 5.32 Å². The molecule has 0 aliphatic heterocycles. The molecule has 0 heterocycles. The molecule has 0 aliphatic rings. The van der Waals surface area contributed by atoms with Crippen LogP contribution in [0, 0.1) is 11.3 Å². The van der Waals surface area contributed by atoms with Gasteiger partial charge in [0.05, 0.1) is 11.6 Å². The van der Waals surface area contributed by atoms with Crippen molar-refractivity contribution in [3.8, 4) is 17.6 Å². The maximum Gasteiger partial charge on any atom is 0.266 e. The van der Waals surface area contributed by atoms with Crippen molar-refractivity contribution in [2.75, 3.05) is 11.9 Å². The molecular formula is C25H19Cl3N2O3. The van der Waals surface area contributed by atoms with E-state index in [0.717, 1.165) is 5.56 Å². The summed E-state index contributed by atoms with van der Waals surface area (Å²) in [5.74, 6) is 0.215. The molecule has 5 nitrogen and oxygen atoms in total. The first-order valence-corrected chi connectivity index (χ1v) is 11.0. The summed E-state index contributed by atoms with van der Waals surface area (Å²) in [5.41, 5.74) is 1.85. The van der Waals surface area contributed by atoms with Crippen LogP contribution in [0.2, 0.25) is 15.1 Å². The second kappa shape index (κ2) is 11.6. The average molecular weight is 502 g/mol. The molecule has 168 valence electrons. The van der Waals surface area contributed by atoms with Crippen LogP contribution in [0.4, 0.5) is 5.69 Å². The number of ether oxygens (including phenoxy) is 2. The lowest BCUT2D eigenvalue weighted by molar-refractivity contribution is -0.112. The highest BCUT2D eigenvalue weighted by atomic mass is 35.5. The lowest BCUT2D eigenvalue weighted by Gasteiger charge is -2.15. The summed E-state index contributed by atoms with van der Waals surface area (Å²) in [5, 5.41) is 13.6. The Kier molecular flexibility index (Phi) is 8.62. The van der Waals surface area contributed by atoms with Crippen molar-refractivity contribution >= 4 is 52.5 Å². The molecule has 1 N–H and O–H groups in total. The van der Waals surface area contributed by atoms with Gasteiger partial charge in [-0.25, -0.2) is 0 Å². The summed E-state index contributed by atoms with van der Waals surface area (Å²) >= 11 is 18.2. The fourth-order valence-electron chi connectivity index (χ4n) is 2.86. The first-order valence-electron chi connectivity index (χ1n) is 9.92. The minimum absolute atomic E-state index is 0.0988. The molecule has 8 heteroatoms. The number of hydrogen-bond donors (Lipinski definition) is 1. The van der Waals surface area contributed by atoms with E-state index in [1.807, 2.05) is 25.1 Å². The van der Waals surface area contributed by atoms with Crippen molar-refractivity contribution in [3.05, 3.63) is 92.4 Å². The highest BCUT2D eigenvalue weighted by Crippen LogP contribution is 2.38. The van der Waals surface area contributed by atoms with Crippen LogP contribution in [-0.4, -0.2) is 12.5 Å². The molecule has 0 aliphatic carbocycles. The number of amides is 1. The van der Waals surface area contributed by atoms with Gasteiger partial charge in [0.25, 0.3) is 5.91 Å². The Bertz CT molecular complexity index is 1200. The molecular weight excluding hydrogens is 483 g/mol. The summed E-state index contributed by atoms with van der Waals surface area (Å²) in [7, 11) is 0. The molecule has 0 saturated heterocycles. The van der Waals surface area contributed by atoms with Gasteiger partial charge in [-0.1, -0.05) is 46.9 Å². The molecule has 0 spiro atoms. The Morgan fingerprint density at radius 3 is 2.24 bits per heavy atom. The van der Waals surface area contributed by atoms with Crippen LogP contribution >= 0.6 is 34.8 Å². The van der Waals surface area contributed by atoms with E-state index >= 15 is 0 Å². The van der Waals surface area contributed by atoms with Crippen LogP contribution in [0.15, 0.2) is 66.2 Å². The van der Waals surface area contributed by atoms with Crippen molar-refractivity contribution in [3.63, 3.8) is 0 Å². The van der Waals surface area contributed by atoms with Gasteiger partial charge in [-0.3, -0.25) is 4.79 Å². The molecule has 0 atom stereocenters. The molecule has 33 heavy (non-hydrogen) atoms. The summed E-state index contributed by atoms with van der Waals surface area (Å²) in [6.45, 7) is 2.47. The number of nitrogens with one attached hydrogen (secondary N) is 1. The molecule has 0 radical (unpaired) electrons. The number of rotatable bonds is 8. The van der Waals surface area contributed by atoms with Gasteiger partial charge < -0.3 is 14.8 Å². The number of carbonyl (C=O) groups is 1. The van der Waals surface area contributed by atoms with Crippen LogP contribution in [0.3, 0.4) is 0 Å². The third-order valence-electron chi connectivity index (χ3n) is 4.41. The molecule has 0 fully saturated rings. The normalized spacial score (nSPS) is 10.9. The second-order valence-electron chi connectivity index (χ2n) is 6.81. The summed E-state index contributed by atoms with van der Waals surface area (Å²) in [6, 6.07) is 19.0. The zero-order valence-electron chi connectivity index (χ0n) is 17.6. The number of nitrogens with zero attached hydrogens (tertiary/aromatic N) is 1. The number of halogens is 3. The Hall–Kier alpha value is -3.17. The second-order valence-corrected chi connectivity index (χ2v) is 8.09. The fourth-order valence-corrected chi connectivity index (χ4v) is 3.38. The molecule has 1 amide bonds. The predicted octanol–water partition coefficient (Wildman–Crippen LogP) is 7.17. The van der Waals surface area contributed by atoms with Crippen molar-refractivity contribution in [1.29, 1.82) is 5.26 Å². The Morgan fingerprint density at radius 1 is 1.00 bits per heavy atom. The van der Waals surface area contributed by atoms with Gasteiger partial charge in [0.1, 0.15) is 18.2 Å². The monoisotopic (exact) mass is 500 g/mol. The van der Waals surface area contributed by atoms with Crippen LogP contribution in [-0.2, 0) is 11.4 Å². The summed E-state index contributed by atoms with van der Waals surface area (Å²) in [6.07, 6.45) is 1.43. The van der Waals surface area contributed by atoms with E-state index in [-0.39, 0.29) is 17.2 Å². The van der Waals surface area contributed by atoms with E-state index in [4.69, 9.17) is 44.3 Å². The lowest BCUT2D eigenvalue weighted by atomic mass is 10.1. The standard InChI is InChI=1S/C25H19Cl3N2O3/c1-2-32-23-13-17(11-18(14-29)25(31)30-21-9-7-20(27)8-10-21)12-22(28)24(23)33-15-16-3-5-19(26)6-4-16/h3-13H,2,15H2,1H3,(H,30,31)/b18-11+. The third-order valence-corrected chi connectivity index (χ3v) is 5.19. The number of benzene rings is 3. The smallest absolute Gasteiger partial charge is 0.266 e. The first-order chi connectivity index (χ1) is 15.9. The van der Waals surface area contributed by atoms with E-state index in [1.54, 1.807) is 48.5 Å². The Labute approximate surface area is 207 Å². The minimum atomic E-state index is -0.558. The molecule has 0 saturated carbocycles. The number of carbonyl (C=O) groups excluding carboxylic acids is 1.